The van der Waals surface area contributed by atoms with Crippen LogP contribution in [0.25, 0.3) is 0 Å². The van der Waals surface area contributed by atoms with E-state index in [1.54, 1.807) is 29.4 Å². The van der Waals surface area contributed by atoms with Crippen molar-refractivity contribution in [3.05, 3.63) is 60.2 Å². The van der Waals surface area contributed by atoms with Gasteiger partial charge in [0.1, 0.15) is 18.0 Å². The number of benzene rings is 1. The fraction of sp³-hybridized carbons (Fsp3) is 0.400. The number of carbonyl (C=O) groups is 1. The number of hydrogen-bond acceptors (Lipinski definition) is 5. The maximum Gasteiger partial charge on any atom is 0.253 e. The number of carbonyl (C=O) groups excluding carboxylic acids is 1. The van der Waals surface area contributed by atoms with Gasteiger partial charge in [-0.2, -0.15) is 0 Å². The van der Waals surface area contributed by atoms with E-state index >= 15 is 0 Å². The van der Waals surface area contributed by atoms with Crippen LogP contribution in [0.3, 0.4) is 0 Å². The van der Waals surface area contributed by atoms with Crippen LogP contribution in [-0.4, -0.2) is 60.8 Å². The van der Waals surface area contributed by atoms with E-state index in [2.05, 4.69) is 9.88 Å². The molecule has 1 aromatic carbocycles. The summed E-state index contributed by atoms with van der Waals surface area (Å²) in [4.78, 5) is 20.3. The number of aromatic nitrogens is 1. The van der Waals surface area contributed by atoms with Crippen LogP contribution in [0.5, 0.6) is 0 Å². The molecule has 0 aliphatic carbocycles. The summed E-state index contributed by atoms with van der Waals surface area (Å²) < 4.78 is 25.4. The summed E-state index contributed by atoms with van der Waals surface area (Å²) >= 11 is 0. The lowest BCUT2D eigenvalue weighted by molar-refractivity contribution is -0.146. The molecule has 7 heteroatoms. The van der Waals surface area contributed by atoms with Crippen molar-refractivity contribution in [2.75, 3.05) is 44.4 Å². The van der Waals surface area contributed by atoms with Crippen molar-refractivity contribution < 1.29 is 18.7 Å². The van der Waals surface area contributed by atoms with Crippen molar-refractivity contribution in [1.82, 2.24) is 9.88 Å². The van der Waals surface area contributed by atoms with Gasteiger partial charge in [-0.05, 0) is 35.9 Å². The zero-order valence-electron chi connectivity index (χ0n) is 15.0. The van der Waals surface area contributed by atoms with Gasteiger partial charge in [0.25, 0.3) is 5.91 Å². The van der Waals surface area contributed by atoms with Crippen molar-refractivity contribution in [3.63, 3.8) is 0 Å². The van der Waals surface area contributed by atoms with Crippen LogP contribution < -0.4 is 4.90 Å². The van der Waals surface area contributed by atoms with Gasteiger partial charge in [-0.3, -0.25) is 14.7 Å². The molecule has 1 amide bonds. The highest BCUT2D eigenvalue weighted by molar-refractivity contribution is 5.95. The van der Waals surface area contributed by atoms with Gasteiger partial charge in [-0.25, -0.2) is 4.39 Å². The minimum absolute atomic E-state index is 0.0387. The van der Waals surface area contributed by atoms with Crippen molar-refractivity contribution in [3.8, 4) is 0 Å². The number of anilines is 1. The molecule has 2 aliphatic rings. The first-order chi connectivity index (χ1) is 13.1. The minimum atomic E-state index is -0.635. The van der Waals surface area contributed by atoms with E-state index < -0.39 is 5.60 Å². The zero-order chi connectivity index (χ0) is 18.7. The van der Waals surface area contributed by atoms with E-state index in [4.69, 9.17) is 9.47 Å². The Morgan fingerprint density at radius 1 is 1.19 bits per heavy atom. The van der Waals surface area contributed by atoms with Crippen molar-refractivity contribution in [2.45, 2.75) is 12.1 Å². The van der Waals surface area contributed by atoms with E-state index in [1.165, 1.54) is 12.1 Å². The Morgan fingerprint density at radius 3 is 2.85 bits per heavy atom. The standard InChI is InChI=1S/C20H22FN3O3/c21-17-2-1-3-18(10-17)24-14-20(27-12-19(24)25)13-23(8-9-26-15-20)11-16-4-6-22-7-5-16/h1-7,10H,8-9,11-15H2/t20-/m0/s1. The third-order valence-electron chi connectivity index (χ3n) is 4.95. The minimum Gasteiger partial charge on any atom is -0.377 e. The van der Waals surface area contributed by atoms with E-state index in [9.17, 15) is 9.18 Å². The summed E-state index contributed by atoms with van der Waals surface area (Å²) in [7, 11) is 0. The molecule has 2 aromatic rings. The number of halogens is 1. The summed E-state index contributed by atoms with van der Waals surface area (Å²) in [5.74, 6) is -0.534. The third kappa shape index (κ3) is 4.16. The first kappa shape index (κ1) is 18.0. The third-order valence-corrected chi connectivity index (χ3v) is 4.95. The van der Waals surface area contributed by atoms with Gasteiger partial charge in [0.15, 0.2) is 0 Å². The van der Waals surface area contributed by atoms with Crippen molar-refractivity contribution in [2.24, 2.45) is 0 Å². The molecule has 0 unspecified atom stereocenters. The van der Waals surface area contributed by atoms with E-state index in [1.807, 2.05) is 12.1 Å². The lowest BCUT2D eigenvalue weighted by atomic mass is 10.0. The van der Waals surface area contributed by atoms with Gasteiger partial charge in [0, 0.05) is 37.7 Å². The van der Waals surface area contributed by atoms with Gasteiger partial charge in [-0.1, -0.05) is 6.07 Å². The highest BCUT2D eigenvalue weighted by atomic mass is 19.1. The summed E-state index contributed by atoms with van der Waals surface area (Å²) in [5.41, 5.74) is 1.08. The van der Waals surface area contributed by atoms with Gasteiger partial charge >= 0.3 is 0 Å². The first-order valence-corrected chi connectivity index (χ1v) is 9.02. The number of hydrogen-bond donors (Lipinski definition) is 0. The van der Waals surface area contributed by atoms with Gasteiger partial charge in [0.2, 0.25) is 0 Å². The van der Waals surface area contributed by atoms with Crippen LogP contribution in [0.2, 0.25) is 0 Å². The molecular weight excluding hydrogens is 349 g/mol. The smallest absolute Gasteiger partial charge is 0.253 e. The van der Waals surface area contributed by atoms with Crippen LogP contribution >= 0.6 is 0 Å². The number of amides is 1. The summed E-state index contributed by atoms with van der Waals surface area (Å²) in [6, 6.07) is 10.1. The predicted octanol–water partition coefficient (Wildman–Crippen LogP) is 1.86. The Labute approximate surface area is 157 Å². The molecule has 1 aromatic heterocycles. The Morgan fingerprint density at radius 2 is 2.04 bits per heavy atom. The van der Waals surface area contributed by atoms with Crippen LogP contribution in [0, 0.1) is 5.82 Å². The first-order valence-electron chi connectivity index (χ1n) is 9.02. The van der Waals surface area contributed by atoms with Gasteiger partial charge in [-0.15, -0.1) is 0 Å². The Balaban J connectivity index is 1.54. The molecule has 0 saturated carbocycles. The SMILES string of the molecule is O=C1CO[C@]2(COCCN(Cc3ccncc3)C2)CN1c1cccc(F)c1. The van der Waals surface area contributed by atoms with Crippen LogP contribution in [0.1, 0.15) is 5.56 Å². The molecule has 142 valence electrons. The fourth-order valence-electron chi connectivity index (χ4n) is 3.64. The van der Waals surface area contributed by atoms with Gasteiger partial charge < -0.3 is 14.4 Å². The Bertz CT molecular complexity index is 804. The molecule has 1 spiro atoms. The van der Waals surface area contributed by atoms with E-state index in [0.29, 0.717) is 32.0 Å². The predicted molar refractivity (Wildman–Crippen MR) is 97.8 cm³/mol. The largest absolute Gasteiger partial charge is 0.377 e. The molecule has 0 N–H and O–H groups in total. The molecule has 27 heavy (non-hydrogen) atoms. The second-order valence-electron chi connectivity index (χ2n) is 7.05. The van der Waals surface area contributed by atoms with Crippen molar-refractivity contribution in [1.29, 1.82) is 0 Å². The molecule has 2 saturated heterocycles. The second kappa shape index (κ2) is 7.72. The molecule has 3 heterocycles. The average Bonchev–Trinajstić information content (AvgIpc) is 2.87. The molecular formula is C20H22FN3O3. The lowest BCUT2D eigenvalue weighted by Crippen LogP contribution is -2.60. The molecule has 2 aliphatic heterocycles. The average molecular weight is 371 g/mol. The maximum atomic E-state index is 13.6. The fourth-order valence-corrected chi connectivity index (χ4v) is 3.64. The normalized spacial score (nSPS) is 24.2. The maximum absolute atomic E-state index is 13.6. The lowest BCUT2D eigenvalue weighted by Gasteiger charge is -2.43. The van der Waals surface area contributed by atoms with Crippen LogP contribution in [0.15, 0.2) is 48.8 Å². The molecule has 0 bridgehead atoms. The molecule has 6 nitrogen and oxygen atoms in total. The van der Waals surface area contributed by atoms with E-state index in [-0.39, 0.29) is 18.3 Å². The molecule has 1 atom stereocenters. The number of ether oxygens (including phenoxy) is 2. The molecule has 0 radical (unpaired) electrons. The number of rotatable bonds is 3. The highest BCUT2D eigenvalue weighted by Gasteiger charge is 2.43. The number of morpholine rings is 1. The highest BCUT2D eigenvalue weighted by Crippen LogP contribution is 2.28. The van der Waals surface area contributed by atoms with Crippen LogP contribution in [-0.2, 0) is 20.8 Å². The van der Waals surface area contributed by atoms with Gasteiger partial charge in [0.05, 0.1) is 19.8 Å². The quantitative estimate of drug-likeness (QED) is 0.824. The summed E-state index contributed by atoms with van der Waals surface area (Å²) in [5, 5.41) is 0. The number of nitrogens with zero attached hydrogens (tertiary/aromatic N) is 3. The summed E-state index contributed by atoms with van der Waals surface area (Å²) in [6.45, 7) is 3.47. The zero-order valence-corrected chi connectivity index (χ0v) is 15.0. The van der Waals surface area contributed by atoms with E-state index in [0.717, 1.165) is 18.7 Å². The van der Waals surface area contributed by atoms with Crippen LogP contribution in [0.4, 0.5) is 10.1 Å². The monoisotopic (exact) mass is 371 g/mol. The molecule has 4 rings (SSSR count). The Hall–Kier alpha value is -2.35. The number of pyridine rings is 1. The topological polar surface area (TPSA) is 54.9 Å². The van der Waals surface area contributed by atoms with Crippen molar-refractivity contribution >= 4 is 11.6 Å². The summed E-state index contributed by atoms with van der Waals surface area (Å²) in [6.07, 6.45) is 3.56. The Kier molecular flexibility index (Phi) is 5.15. The second-order valence-corrected chi connectivity index (χ2v) is 7.05. The molecule has 2 fully saturated rings.